The lowest BCUT2D eigenvalue weighted by Gasteiger charge is -2.36. The van der Waals surface area contributed by atoms with Gasteiger partial charge in [0.1, 0.15) is 0 Å². The molecule has 2 rings (SSSR count). The summed E-state index contributed by atoms with van der Waals surface area (Å²) in [4.78, 5) is 3.40. The lowest BCUT2D eigenvalue weighted by molar-refractivity contribution is 0.00210. The molecular formula is C15H25ClN2OS. The molecule has 3 N–H and O–H groups in total. The maximum atomic E-state index is 10.6. The topological polar surface area (TPSA) is 49.5 Å². The molecular weight excluding hydrogens is 292 g/mol. The summed E-state index contributed by atoms with van der Waals surface area (Å²) in [5.41, 5.74) is 5.78. The largest absolute Gasteiger partial charge is 0.389 e. The molecule has 20 heavy (non-hydrogen) atoms. The average molecular weight is 317 g/mol. The lowest BCUT2D eigenvalue weighted by atomic mass is 9.98. The first-order valence-corrected chi connectivity index (χ1v) is 8.58. The standard InChI is InChI=1S/C15H25ClN2OS/c1-3-11(17)14(12-6-7-13(16)20-12)18(2)10-15(19)8-4-5-9-15/h6-7,11,14,19H,3-5,8-10,17H2,1-2H3. The Hall–Kier alpha value is -0.130. The molecule has 1 saturated carbocycles. The molecule has 1 heterocycles. The molecule has 1 aliphatic carbocycles. The Morgan fingerprint density at radius 2 is 2.10 bits per heavy atom. The van der Waals surface area contributed by atoms with Gasteiger partial charge >= 0.3 is 0 Å². The van der Waals surface area contributed by atoms with E-state index in [-0.39, 0.29) is 12.1 Å². The van der Waals surface area contributed by atoms with Crippen LogP contribution in [-0.2, 0) is 0 Å². The summed E-state index contributed by atoms with van der Waals surface area (Å²) in [5.74, 6) is 0. The van der Waals surface area contributed by atoms with Crippen LogP contribution in [0, 0.1) is 0 Å². The van der Waals surface area contributed by atoms with Gasteiger partial charge in [0, 0.05) is 17.5 Å². The van der Waals surface area contributed by atoms with Gasteiger partial charge in [-0.25, -0.2) is 0 Å². The molecule has 0 saturated heterocycles. The number of hydrogen-bond donors (Lipinski definition) is 2. The second-order valence-corrected chi connectivity index (χ2v) is 7.75. The van der Waals surface area contributed by atoms with Crippen LogP contribution in [0.5, 0.6) is 0 Å². The van der Waals surface area contributed by atoms with E-state index < -0.39 is 5.60 Å². The third-order valence-corrected chi connectivity index (χ3v) is 5.62. The maximum Gasteiger partial charge on any atom is 0.0931 e. The van der Waals surface area contributed by atoms with Crippen molar-refractivity contribution in [1.29, 1.82) is 0 Å². The minimum absolute atomic E-state index is 0.0553. The molecule has 0 aliphatic heterocycles. The Bertz CT molecular complexity index is 431. The van der Waals surface area contributed by atoms with E-state index in [1.807, 2.05) is 6.07 Å². The Balaban J connectivity index is 2.13. The van der Waals surface area contributed by atoms with Crippen LogP contribution in [0.15, 0.2) is 12.1 Å². The first-order chi connectivity index (χ1) is 9.45. The van der Waals surface area contributed by atoms with E-state index in [4.69, 9.17) is 17.3 Å². The van der Waals surface area contributed by atoms with E-state index in [9.17, 15) is 5.11 Å². The van der Waals surface area contributed by atoms with Crippen molar-refractivity contribution in [3.8, 4) is 0 Å². The number of nitrogens with two attached hydrogens (primary N) is 1. The molecule has 2 unspecified atom stereocenters. The SMILES string of the molecule is CCC(N)C(c1ccc(Cl)s1)N(C)CC1(O)CCCC1. The Morgan fingerprint density at radius 1 is 1.45 bits per heavy atom. The highest BCUT2D eigenvalue weighted by atomic mass is 35.5. The predicted molar refractivity (Wildman–Crippen MR) is 86.4 cm³/mol. The van der Waals surface area contributed by atoms with Gasteiger partial charge in [0.05, 0.1) is 16.0 Å². The summed E-state index contributed by atoms with van der Waals surface area (Å²) in [6.07, 6.45) is 4.95. The van der Waals surface area contributed by atoms with Gasteiger partial charge in [-0.3, -0.25) is 4.90 Å². The van der Waals surface area contributed by atoms with Crippen LogP contribution in [0.25, 0.3) is 0 Å². The lowest BCUT2D eigenvalue weighted by Crippen LogP contribution is -2.45. The summed E-state index contributed by atoms with van der Waals surface area (Å²) in [5, 5.41) is 10.6. The monoisotopic (exact) mass is 316 g/mol. The summed E-state index contributed by atoms with van der Waals surface area (Å²) in [6, 6.07) is 4.17. The molecule has 0 radical (unpaired) electrons. The van der Waals surface area contributed by atoms with Crippen LogP contribution >= 0.6 is 22.9 Å². The summed E-state index contributed by atoms with van der Waals surface area (Å²) >= 11 is 7.65. The second kappa shape index (κ2) is 6.75. The average Bonchev–Trinajstić information content (AvgIpc) is 2.99. The molecule has 5 heteroatoms. The van der Waals surface area contributed by atoms with Crippen LogP contribution in [0.2, 0.25) is 4.34 Å². The van der Waals surface area contributed by atoms with Crippen LogP contribution in [0.1, 0.15) is 49.9 Å². The first kappa shape index (κ1) is 16.2. The fourth-order valence-electron chi connectivity index (χ4n) is 3.22. The minimum atomic E-state index is -0.540. The molecule has 1 aromatic rings. The van der Waals surface area contributed by atoms with Gasteiger partial charge in [-0.15, -0.1) is 11.3 Å². The molecule has 0 bridgehead atoms. The van der Waals surface area contributed by atoms with E-state index in [1.165, 1.54) is 4.88 Å². The summed E-state index contributed by atoms with van der Waals surface area (Å²) in [7, 11) is 2.06. The zero-order valence-electron chi connectivity index (χ0n) is 12.3. The highest BCUT2D eigenvalue weighted by Crippen LogP contribution is 2.36. The van der Waals surface area contributed by atoms with E-state index in [1.54, 1.807) is 11.3 Å². The zero-order valence-corrected chi connectivity index (χ0v) is 13.9. The van der Waals surface area contributed by atoms with Crippen molar-refractivity contribution in [3.05, 3.63) is 21.3 Å². The second-order valence-electron chi connectivity index (χ2n) is 6.01. The molecule has 2 atom stereocenters. The van der Waals surface area contributed by atoms with Crippen molar-refractivity contribution in [3.63, 3.8) is 0 Å². The first-order valence-electron chi connectivity index (χ1n) is 7.38. The quantitative estimate of drug-likeness (QED) is 0.845. The normalized spacial score (nSPS) is 21.3. The van der Waals surface area contributed by atoms with E-state index in [0.717, 1.165) is 36.4 Å². The fraction of sp³-hybridized carbons (Fsp3) is 0.733. The van der Waals surface area contributed by atoms with Gasteiger partial charge in [0.2, 0.25) is 0 Å². The number of hydrogen-bond acceptors (Lipinski definition) is 4. The summed E-state index contributed by atoms with van der Waals surface area (Å²) < 4.78 is 0.793. The third-order valence-electron chi connectivity index (χ3n) is 4.32. The zero-order chi connectivity index (χ0) is 14.8. The molecule has 0 spiro atoms. The maximum absolute atomic E-state index is 10.6. The van der Waals surface area contributed by atoms with E-state index in [2.05, 4.69) is 24.9 Å². The number of nitrogens with zero attached hydrogens (tertiary/aromatic N) is 1. The molecule has 1 aromatic heterocycles. The molecule has 1 aliphatic rings. The van der Waals surface area contributed by atoms with Crippen LogP contribution < -0.4 is 5.73 Å². The third kappa shape index (κ3) is 3.74. The highest BCUT2D eigenvalue weighted by molar-refractivity contribution is 7.16. The van der Waals surface area contributed by atoms with Crippen molar-refractivity contribution in [2.75, 3.05) is 13.6 Å². The molecule has 114 valence electrons. The Labute approximate surface area is 130 Å². The molecule has 0 amide bonds. The number of likely N-dealkylation sites (N-methyl/N-ethyl adjacent to an activating group) is 1. The minimum Gasteiger partial charge on any atom is -0.389 e. The van der Waals surface area contributed by atoms with E-state index >= 15 is 0 Å². The number of rotatable bonds is 6. The molecule has 3 nitrogen and oxygen atoms in total. The van der Waals surface area contributed by atoms with Crippen LogP contribution in [0.3, 0.4) is 0 Å². The predicted octanol–water partition coefficient (Wildman–Crippen LogP) is 3.42. The van der Waals surface area contributed by atoms with Gasteiger partial charge in [0.25, 0.3) is 0 Å². The van der Waals surface area contributed by atoms with Crippen LogP contribution in [-0.4, -0.2) is 35.2 Å². The van der Waals surface area contributed by atoms with Crippen molar-refractivity contribution in [2.24, 2.45) is 5.73 Å². The van der Waals surface area contributed by atoms with Gasteiger partial charge in [-0.05, 0) is 38.4 Å². The number of thiophene rings is 1. The summed E-state index contributed by atoms with van der Waals surface area (Å²) in [6.45, 7) is 2.78. The smallest absolute Gasteiger partial charge is 0.0931 e. The van der Waals surface area contributed by atoms with Crippen LogP contribution in [0.4, 0.5) is 0 Å². The van der Waals surface area contributed by atoms with Gasteiger partial charge in [0.15, 0.2) is 0 Å². The van der Waals surface area contributed by atoms with Gasteiger partial charge in [-0.2, -0.15) is 0 Å². The number of halogens is 1. The number of aliphatic hydroxyl groups is 1. The van der Waals surface area contributed by atoms with E-state index in [0.29, 0.717) is 6.54 Å². The Kier molecular flexibility index (Phi) is 5.49. The molecule has 1 fully saturated rings. The van der Waals surface area contributed by atoms with Crippen molar-refractivity contribution in [1.82, 2.24) is 4.90 Å². The Morgan fingerprint density at radius 3 is 2.60 bits per heavy atom. The van der Waals surface area contributed by atoms with Crippen molar-refractivity contribution >= 4 is 22.9 Å². The van der Waals surface area contributed by atoms with Crippen molar-refractivity contribution in [2.45, 2.75) is 56.7 Å². The highest BCUT2D eigenvalue weighted by Gasteiger charge is 2.35. The fourth-order valence-corrected chi connectivity index (χ4v) is 4.52. The van der Waals surface area contributed by atoms with Gasteiger partial charge in [-0.1, -0.05) is 31.4 Å². The van der Waals surface area contributed by atoms with Crippen molar-refractivity contribution < 1.29 is 5.11 Å². The van der Waals surface area contributed by atoms with Gasteiger partial charge < -0.3 is 10.8 Å². The molecule has 0 aromatic carbocycles.